The van der Waals surface area contributed by atoms with E-state index in [-0.39, 0.29) is 54.3 Å². The van der Waals surface area contributed by atoms with E-state index in [1.807, 2.05) is 0 Å². The van der Waals surface area contributed by atoms with E-state index in [1.54, 1.807) is 22.8 Å². The minimum Gasteiger partial charge on any atom is -0.381 e. The van der Waals surface area contributed by atoms with Gasteiger partial charge in [0.15, 0.2) is 17.2 Å². The van der Waals surface area contributed by atoms with Crippen LogP contribution in [-0.2, 0) is 27.3 Å². The first kappa shape index (κ1) is 29.8. The fourth-order valence-corrected chi connectivity index (χ4v) is 5.61. The highest BCUT2D eigenvalue weighted by Gasteiger charge is 2.26. The molecule has 2 aliphatic heterocycles. The first-order chi connectivity index (χ1) is 20.3. The van der Waals surface area contributed by atoms with E-state index < -0.39 is 0 Å². The molecule has 0 saturated carbocycles. The number of nitrogens with one attached hydrogen (secondary N) is 3. The second-order valence-corrected chi connectivity index (χ2v) is 11.6. The van der Waals surface area contributed by atoms with Crippen LogP contribution in [0.5, 0.6) is 0 Å². The van der Waals surface area contributed by atoms with Crippen LogP contribution in [0.3, 0.4) is 0 Å². The predicted molar refractivity (Wildman–Crippen MR) is 159 cm³/mol. The summed E-state index contributed by atoms with van der Waals surface area (Å²) in [5.74, 6) is 1.11. The summed E-state index contributed by atoms with van der Waals surface area (Å²) < 4.78 is 22.0. The Balaban J connectivity index is 1.27. The summed E-state index contributed by atoms with van der Waals surface area (Å²) in [5, 5.41) is 14.5. The van der Waals surface area contributed by atoms with Gasteiger partial charge < -0.3 is 20.7 Å². The number of anilines is 2. The van der Waals surface area contributed by atoms with Crippen molar-refractivity contribution >= 4 is 29.1 Å². The molecule has 0 amide bonds. The monoisotopic (exact) mass is 577 g/mol. The summed E-state index contributed by atoms with van der Waals surface area (Å²) in [6.07, 6.45) is 7.04. The van der Waals surface area contributed by atoms with E-state index in [2.05, 4.69) is 46.5 Å². The quantitative estimate of drug-likeness (QED) is 0.272. The Morgan fingerprint density at radius 1 is 1.21 bits per heavy atom. The number of benzene rings is 1. The van der Waals surface area contributed by atoms with Gasteiger partial charge in [0, 0.05) is 49.8 Å². The summed E-state index contributed by atoms with van der Waals surface area (Å²) in [6.45, 7) is 9.89. The van der Waals surface area contributed by atoms with Crippen molar-refractivity contribution in [3.8, 4) is 0 Å². The van der Waals surface area contributed by atoms with Crippen LogP contribution in [0.25, 0.3) is 5.65 Å². The summed E-state index contributed by atoms with van der Waals surface area (Å²) in [7, 11) is 0. The molecule has 2 aliphatic rings. The molecular weight excluding hydrogens is 537 g/mol. The highest BCUT2D eigenvalue weighted by molar-refractivity contribution is 5.89. The molecule has 0 radical (unpaired) electrons. The van der Waals surface area contributed by atoms with E-state index in [4.69, 9.17) is 9.72 Å². The molecule has 2 atom stereocenters. The summed E-state index contributed by atoms with van der Waals surface area (Å²) in [5.41, 5.74) is 2.88. The SMILES string of the molecule is C=CC(=O)C[C@H]1CC[C@@H](C(=O)Cc2ccc(F)c(CNc3nc(NC4CCOCC4)nc4c(C(C)C)cnn34)c2)NC1. The normalized spacial score (nSPS) is 19.6. The van der Waals surface area contributed by atoms with Crippen LogP contribution >= 0.6 is 0 Å². The average Bonchev–Trinajstić information content (AvgIpc) is 3.42. The third-order valence-electron chi connectivity index (χ3n) is 8.12. The van der Waals surface area contributed by atoms with Crippen LogP contribution in [0.15, 0.2) is 37.1 Å². The lowest BCUT2D eigenvalue weighted by molar-refractivity contribution is -0.121. The molecule has 3 N–H and O–H groups in total. The number of hydrogen-bond acceptors (Lipinski definition) is 9. The molecule has 42 heavy (non-hydrogen) atoms. The van der Waals surface area contributed by atoms with Gasteiger partial charge in [0.1, 0.15) is 5.82 Å². The van der Waals surface area contributed by atoms with Crippen LogP contribution in [0.4, 0.5) is 16.3 Å². The highest BCUT2D eigenvalue weighted by Crippen LogP contribution is 2.24. The Hall–Kier alpha value is -3.70. The van der Waals surface area contributed by atoms with Crippen LogP contribution < -0.4 is 16.0 Å². The molecule has 0 aliphatic carbocycles. The van der Waals surface area contributed by atoms with Gasteiger partial charge in [0.25, 0.3) is 0 Å². The van der Waals surface area contributed by atoms with E-state index in [1.165, 1.54) is 12.1 Å². The van der Waals surface area contributed by atoms with Gasteiger partial charge in [-0.1, -0.05) is 32.6 Å². The van der Waals surface area contributed by atoms with Crippen molar-refractivity contribution in [2.45, 2.75) is 76.9 Å². The molecular formula is C31H40FN7O3. The molecule has 2 saturated heterocycles. The molecule has 4 heterocycles. The van der Waals surface area contributed by atoms with Gasteiger partial charge in [0.05, 0.1) is 12.2 Å². The topological polar surface area (TPSA) is 123 Å². The number of piperidine rings is 1. The second-order valence-electron chi connectivity index (χ2n) is 11.6. The van der Waals surface area contributed by atoms with Crippen LogP contribution in [0, 0.1) is 11.7 Å². The summed E-state index contributed by atoms with van der Waals surface area (Å²) in [6, 6.07) is 4.75. The van der Waals surface area contributed by atoms with Crippen molar-refractivity contribution in [2.24, 2.45) is 5.92 Å². The summed E-state index contributed by atoms with van der Waals surface area (Å²) in [4.78, 5) is 34.1. The fraction of sp³-hybridized carbons (Fsp3) is 0.516. The maximum atomic E-state index is 14.9. The van der Waals surface area contributed by atoms with Gasteiger partial charge in [-0.05, 0) is 61.8 Å². The lowest BCUT2D eigenvalue weighted by Crippen LogP contribution is -2.45. The Kier molecular flexibility index (Phi) is 9.58. The summed E-state index contributed by atoms with van der Waals surface area (Å²) >= 11 is 0. The van der Waals surface area contributed by atoms with Crippen molar-refractivity contribution in [1.82, 2.24) is 24.9 Å². The minimum absolute atomic E-state index is 0.0291. The largest absolute Gasteiger partial charge is 0.381 e. The standard InChI is InChI=1S/C31H40FN7O3/c1-4-24(40)14-21-6-8-27(33-16-21)28(41)15-20-5-7-26(32)22(13-20)17-34-31-38-30(36-23-9-11-42-12-10-23)37-29-25(19(2)3)18-35-39(29)31/h4-5,7,13,18-19,21,23,27,33H,1,6,8-12,14-17H2,2-3H3,(H2,34,36,37,38)/t21-,27+/m1/s1. The number of Topliss-reactive ketones (excluding diaryl/α,β-unsaturated/α-hetero) is 1. The molecule has 0 unspecified atom stereocenters. The lowest BCUT2D eigenvalue weighted by atomic mass is 9.88. The maximum Gasteiger partial charge on any atom is 0.229 e. The molecule has 0 spiro atoms. The van der Waals surface area contributed by atoms with Crippen molar-refractivity contribution in [3.63, 3.8) is 0 Å². The number of aromatic nitrogens is 4. The van der Waals surface area contributed by atoms with Crippen molar-refractivity contribution in [1.29, 1.82) is 0 Å². The van der Waals surface area contributed by atoms with Gasteiger partial charge in [-0.3, -0.25) is 9.59 Å². The first-order valence-electron chi connectivity index (χ1n) is 14.8. The smallest absolute Gasteiger partial charge is 0.229 e. The molecule has 3 aromatic rings. The highest BCUT2D eigenvalue weighted by atomic mass is 19.1. The Bertz CT molecular complexity index is 1430. The van der Waals surface area contributed by atoms with Gasteiger partial charge in [0.2, 0.25) is 11.9 Å². The van der Waals surface area contributed by atoms with Gasteiger partial charge in [-0.15, -0.1) is 0 Å². The van der Waals surface area contributed by atoms with Crippen molar-refractivity contribution in [3.05, 3.63) is 59.6 Å². The van der Waals surface area contributed by atoms with Crippen LogP contribution in [0.1, 0.15) is 68.6 Å². The number of halogens is 1. The number of hydrogen-bond donors (Lipinski definition) is 3. The molecule has 2 aromatic heterocycles. The van der Waals surface area contributed by atoms with Gasteiger partial charge in [-0.25, -0.2) is 4.39 Å². The number of ketones is 2. The average molecular weight is 578 g/mol. The Morgan fingerprint density at radius 3 is 2.74 bits per heavy atom. The maximum absolute atomic E-state index is 14.9. The molecule has 1 aromatic carbocycles. The third kappa shape index (κ3) is 7.19. The number of ether oxygens (including phenoxy) is 1. The fourth-order valence-electron chi connectivity index (χ4n) is 5.61. The number of carbonyl (C=O) groups is 2. The first-order valence-corrected chi connectivity index (χ1v) is 14.8. The van der Waals surface area contributed by atoms with Crippen molar-refractivity contribution < 1.29 is 18.7 Å². The number of allylic oxidation sites excluding steroid dienone is 1. The molecule has 5 rings (SSSR count). The number of rotatable bonds is 12. The molecule has 224 valence electrons. The molecule has 0 bridgehead atoms. The zero-order valence-electron chi connectivity index (χ0n) is 24.4. The van der Waals surface area contributed by atoms with Crippen molar-refractivity contribution in [2.75, 3.05) is 30.4 Å². The molecule has 11 heteroatoms. The number of nitrogens with zero attached hydrogens (tertiary/aromatic N) is 4. The van der Waals surface area contributed by atoms with E-state index in [0.29, 0.717) is 55.7 Å². The second kappa shape index (κ2) is 13.5. The number of fused-ring (bicyclic) bond motifs is 1. The zero-order chi connectivity index (χ0) is 29.6. The van der Waals surface area contributed by atoms with E-state index >= 15 is 0 Å². The minimum atomic E-state index is -0.363. The number of carbonyl (C=O) groups excluding carboxylic acids is 2. The predicted octanol–water partition coefficient (Wildman–Crippen LogP) is 4.21. The third-order valence-corrected chi connectivity index (χ3v) is 8.12. The van der Waals surface area contributed by atoms with E-state index in [9.17, 15) is 14.0 Å². The Morgan fingerprint density at radius 2 is 2.02 bits per heavy atom. The Labute approximate surface area is 245 Å². The van der Waals surface area contributed by atoms with Gasteiger partial charge >= 0.3 is 0 Å². The van der Waals surface area contributed by atoms with Crippen LogP contribution in [0.2, 0.25) is 0 Å². The molecule has 10 nitrogen and oxygen atoms in total. The zero-order valence-corrected chi connectivity index (χ0v) is 24.4. The van der Waals surface area contributed by atoms with Gasteiger partial charge in [-0.2, -0.15) is 19.6 Å². The van der Waals surface area contributed by atoms with E-state index in [0.717, 1.165) is 30.4 Å². The molecule has 2 fully saturated rings. The lowest BCUT2D eigenvalue weighted by Gasteiger charge is -2.28. The van der Waals surface area contributed by atoms with Crippen LogP contribution in [-0.4, -0.2) is 63.0 Å².